The minimum absolute atomic E-state index is 0.0883. The van der Waals surface area contributed by atoms with E-state index in [4.69, 9.17) is 5.73 Å². The molecule has 0 unspecified atom stereocenters. The smallest absolute Gasteiger partial charge is 0.346 e. The monoisotopic (exact) mass is 269 g/mol. The summed E-state index contributed by atoms with van der Waals surface area (Å²) in [6.45, 7) is 2.87. The summed E-state index contributed by atoms with van der Waals surface area (Å²) in [5.74, 6) is -0.644. The molecule has 0 aliphatic heterocycles. The van der Waals surface area contributed by atoms with Crippen LogP contribution in [0.25, 0.3) is 0 Å². The summed E-state index contributed by atoms with van der Waals surface area (Å²) in [6, 6.07) is 0. The molecule has 1 amide bonds. The number of nitrogens with two attached hydrogens (primary N) is 1. The van der Waals surface area contributed by atoms with E-state index in [0.29, 0.717) is 6.54 Å². The third kappa shape index (κ3) is 5.22. The van der Waals surface area contributed by atoms with Crippen molar-refractivity contribution in [1.82, 2.24) is 10.2 Å². The Balaban J connectivity index is 4.37. The van der Waals surface area contributed by atoms with Gasteiger partial charge in [-0.1, -0.05) is 13.8 Å². The maximum atomic E-state index is 11.9. The van der Waals surface area contributed by atoms with Crippen molar-refractivity contribution in [1.29, 1.82) is 0 Å². The number of alkyl halides is 3. The van der Waals surface area contributed by atoms with Gasteiger partial charge in [0.15, 0.2) is 0 Å². The van der Waals surface area contributed by atoms with Gasteiger partial charge in [-0.2, -0.15) is 13.2 Å². The van der Waals surface area contributed by atoms with Crippen molar-refractivity contribution >= 4 is 5.91 Å². The van der Waals surface area contributed by atoms with Crippen LogP contribution in [0.5, 0.6) is 0 Å². The van der Waals surface area contributed by atoms with Crippen molar-refractivity contribution in [3.8, 4) is 0 Å². The molecule has 4 nitrogen and oxygen atoms in total. The van der Waals surface area contributed by atoms with E-state index in [1.54, 1.807) is 11.9 Å². The molecule has 0 aromatic heterocycles. The number of amides is 1. The maximum absolute atomic E-state index is 11.9. The van der Waals surface area contributed by atoms with Gasteiger partial charge in [0.1, 0.15) is 6.54 Å². The number of nitrogens with one attached hydrogen (secondary N) is 1. The Morgan fingerprint density at radius 1 is 1.28 bits per heavy atom. The van der Waals surface area contributed by atoms with Crippen LogP contribution in [0.1, 0.15) is 26.7 Å². The number of carbonyl (C=O) groups excluding carboxylic acids is 1. The molecule has 0 saturated heterocycles. The highest BCUT2D eigenvalue weighted by Crippen LogP contribution is 2.20. The highest BCUT2D eigenvalue weighted by molar-refractivity contribution is 5.78. The topological polar surface area (TPSA) is 58.4 Å². The summed E-state index contributed by atoms with van der Waals surface area (Å²) in [5.41, 5.74) is 5.36. The molecule has 0 fully saturated rings. The molecule has 0 saturated carbocycles. The lowest BCUT2D eigenvalue weighted by Crippen LogP contribution is -2.54. The third-order valence-electron chi connectivity index (χ3n) is 3.37. The minimum atomic E-state index is -4.38. The van der Waals surface area contributed by atoms with Crippen molar-refractivity contribution in [2.75, 3.05) is 26.7 Å². The first-order valence-electron chi connectivity index (χ1n) is 5.95. The fourth-order valence-electron chi connectivity index (χ4n) is 1.87. The van der Waals surface area contributed by atoms with Crippen molar-refractivity contribution in [3.63, 3.8) is 0 Å². The van der Waals surface area contributed by atoms with Crippen LogP contribution in [0, 0.1) is 0 Å². The molecule has 7 heteroatoms. The summed E-state index contributed by atoms with van der Waals surface area (Å²) < 4.78 is 35.8. The maximum Gasteiger partial charge on any atom is 0.405 e. The number of rotatable bonds is 7. The molecular weight excluding hydrogens is 247 g/mol. The molecular formula is C11H22F3N3O. The van der Waals surface area contributed by atoms with Crippen LogP contribution in [-0.2, 0) is 4.79 Å². The van der Waals surface area contributed by atoms with Crippen LogP contribution in [0.4, 0.5) is 13.2 Å². The van der Waals surface area contributed by atoms with E-state index < -0.39 is 18.6 Å². The standard InChI is InChI=1S/C11H22F3N3O/c1-4-10(5-2,7-15)17(3)6-9(18)16-8-11(12,13)14/h4-8,15H2,1-3H3,(H,16,18). The number of likely N-dealkylation sites (N-methyl/N-ethyl adjacent to an activating group) is 1. The van der Waals surface area contributed by atoms with E-state index in [-0.39, 0.29) is 12.1 Å². The lowest BCUT2D eigenvalue weighted by molar-refractivity contribution is -0.139. The Hall–Kier alpha value is -0.820. The van der Waals surface area contributed by atoms with Crippen LogP contribution < -0.4 is 11.1 Å². The van der Waals surface area contributed by atoms with Crippen molar-refractivity contribution in [2.24, 2.45) is 5.73 Å². The molecule has 0 heterocycles. The van der Waals surface area contributed by atoms with Crippen LogP contribution in [0.2, 0.25) is 0 Å². The Morgan fingerprint density at radius 2 is 1.78 bits per heavy atom. The number of hydrogen-bond donors (Lipinski definition) is 2. The summed E-state index contributed by atoms with van der Waals surface area (Å²) >= 11 is 0. The average molecular weight is 269 g/mol. The van der Waals surface area contributed by atoms with Crippen LogP contribution >= 0.6 is 0 Å². The zero-order chi connectivity index (χ0) is 14.4. The average Bonchev–Trinajstić information content (AvgIpc) is 2.28. The zero-order valence-corrected chi connectivity index (χ0v) is 11.1. The molecule has 0 aliphatic rings. The second-order valence-electron chi connectivity index (χ2n) is 4.38. The first-order valence-corrected chi connectivity index (χ1v) is 5.95. The van der Waals surface area contributed by atoms with Gasteiger partial charge in [0, 0.05) is 12.1 Å². The largest absolute Gasteiger partial charge is 0.405 e. The van der Waals surface area contributed by atoms with Crippen molar-refractivity contribution in [3.05, 3.63) is 0 Å². The summed E-state index contributed by atoms with van der Waals surface area (Å²) in [7, 11) is 1.70. The van der Waals surface area contributed by atoms with Gasteiger partial charge in [-0.15, -0.1) is 0 Å². The number of nitrogens with zero attached hydrogens (tertiary/aromatic N) is 1. The van der Waals surface area contributed by atoms with Crippen LogP contribution in [0.3, 0.4) is 0 Å². The molecule has 0 spiro atoms. The quantitative estimate of drug-likeness (QED) is 0.728. The van der Waals surface area contributed by atoms with Gasteiger partial charge >= 0.3 is 6.18 Å². The van der Waals surface area contributed by atoms with Gasteiger partial charge in [-0.05, 0) is 19.9 Å². The van der Waals surface area contributed by atoms with Gasteiger partial charge in [-0.25, -0.2) is 0 Å². The molecule has 3 N–H and O–H groups in total. The van der Waals surface area contributed by atoms with Crippen LogP contribution in [-0.4, -0.2) is 49.2 Å². The predicted octanol–water partition coefficient (Wildman–Crippen LogP) is 1.11. The van der Waals surface area contributed by atoms with E-state index in [0.717, 1.165) is 12.8 Å². The first kappa shape index (κ1) is 17.2. The molecule has 108 valence electrons. The van der Waals surface area contributed by atoms with E-state index >= 15 is 0 Å². The normalized spacial score (nSPS) is 12.9. The van der Waals surface area contributed by atoms with Gasteiger partial charge in [0.25, 0.3) is 0 Å². The SMILES string of the molecule is CCC(CC)(CN)N(C)CC(=O)NCC(F)(F)F. The van der Waals surface area contributed by atoms with E-state index in [1.165, 1.54) is 0 Å². The second kappa shape index (κ2) is 6.94. The number of halogens is 3. The molecule has 0 atom stereocenters. The summed E-state index contributed by atoms with van der Waals surface area (Å²) in [4.78, 5) is 13.1. The van der Waals surface area contributed by atoms with Gasteiger partial charge in [0.2, 0.25) is 5.91 Å². The molecule has 0 aromatic rings. The van der Waals surface area contributed by atoms with Crippen molar-refractivity contribution < 1.29 is 18.0 Å². The highest BCUT2D eigenvalue weighted by atomic mass is 19.4. The van der Waals surface area contributed by atoms with Crippen molar-refractivity contribution in [2.45, 2.75) is 38.4 Å². The summed E-state index contributed by atoms with van der Waals surface area (Å²) in [6.07, 6.45) is -2.90. The fraction of sp³-hybridized carbons (Fsp3) is 0.909. The van der Waals surface area contributed by atoms with E-state index in [2.05, 4.69) is 0 Å². The Bertz CT molecular complexity index is 256. The van der Waals surface area contributed by atoms with E-state index in [1.807, 2.05) is 19.2 Å². The zero-order valence-electron chi connectivity index (χ0n) is 11.1. The predicted molar refractivity (Wildman–Crippen MR) is 64.1 cm³/mol. The Labute approximate surface area is 106 Å². The third-order valence-corrected chi connectivity index (χ3v) is 3.37. The van der Waals surface area contributed by atoms with Gasteiger partial charge in [0.05, 0.1) is 6.54 Å². The Kier molecular flexibility index (Phi) is 6.62. The summed E-state index contributed by atoms with van der Waals surface area (Å²) in [5, 5.41) is 1.85. The molecule has 0 rings (SSSR count). The molecule has 0 bridgehead atoms. The molecule has 18 heavy (non-hydrogen) atoms. The molecule has 0 aliphatic carbocycles. The Morgan fingerprint density at radius 3 is 2.11 bits per heavy atom. The molecule has 0 radical (unpaired) electrons. The molecule has 0 aromatic carbocycles. The lowest BCUT2D eigenvalue weighted by atomic mass is 9.91. The second-order valence-corrected chi connectivity index (χ2v) is 4.38. The fourth-order valence-corrected chi connectivity index (χ4v) is 1.87. The van der Waals surface area contributed by atoms with Crippen LogP contribution in [0.15, 0.2) is 0 Å². The van der Waals surface area contributed by atoms with E-state index in [9.17, 15) is 18.0 Å². The highest BCUT2D eigenvalue weighted by Gasteiger charge is 2.32. The number of hydrogen-bond acceptors (Lipinski definition) is 3. The van der Waals surface area contributed by atoms with Gasteiger partial charge < -0.3 is 11.1 Å². The van der Waals surface area contributed by atoms with Gasteiger partial charge in [-0.3, -0.25) is 9.69 Å². The first-order chi connectivity index (χ1) is 8.20. The minimum Gasteiger partial charge on any atom is -0.346 e. The lowest BCUT2D eigenvalue weighted by Gasteiger charge is -2.39. The number of carbonyl (C=O) groups is 1.